The highest BCUT2D eigenvalue weighted by Crippen LogP contribution is 2.20. The van der Waals surface area contributed by atoms with Crippen LogP contribution < -0.4 is 0 Å². The van der Waals surface area contributed by atoms with Gasteiger partial charge in [-0.15, -0.1) is 0 Å². The van der Waals surface area contributed by atoms with E-state index in [2.05, 4.69) is 29.0 Å². The molecule has 0 radical (unpaired) electrons. The van der Waals surface area contributed by atoms with Gasteiger partial charge in [-0.1, -0.05) is 42.2 Å². The van der Waals surface area contributed by atoms with Gasteiger partial charge in [-0.2, -0.15) is 4.98 Å². The molecule has 0 bridgehead atoms. The van der Waals surface area contributed by atoms with Gasteiger partial charge in [-0.05, 0) is 32.1 Å². The number of unbranched alkanes of at least 4 members (excludes halogenated alkanes) is 1. The van der Waals surface area contributed by atoms with Gasteiger partial charge in [0, 0.05) is 10.6 Å². The molecule has 1 aromatic heterocycles. The summed E-state index contributed by atoms with van der Waals surface area (Å²) in [6, 6.07) is 7.45. The van der Waals surface area contributed by atoms with Crippen LogP contribution in [-0.4, -0.2) is 28.6 Å². The first kappa shape index (κ1) is 14.0. The maximum absolute atomic E-state index is 5.95. The number of halogens is 1. The zero-order valence-corrected chi connectivity index (χ0v) is 12.0. The normalized spacial score (nSPS) is 11.2. The van der Waals surface area contributed by atoms with Gasteiger partial charge in [0.1, 0.15) is 0 Å². The largest absolute Gasteiger partial charge is 0.338 e. The van der Waals surface area contributed by atoms with Gasteiger partial charge in [0.2, 0.25) is 11.7 Å². The highest BCUT2D eigenvalue weighted by atomic mass is 35.5. The third kappa shape index (κ3) is 4.04. The lowest BCUT2D eigenvalue weighted by molar-refractivity contribution is 0.264. The molecule has 0 aliphatic carbocycles. The summed E-state index contributed by atoms with van der Waals surface area (Å²) in [5.74, 6) is 1.22. The van der Waals surface area contributed by atoms with Crippen LogP contribution in [-0.2, 0) is 6.54 Å². The first-order valence-electron chi connectivity index (χ1n) is 6.46. The molecule has 1 aromatic carbocycles. The van der Waals surface area contributed by atoms with Gasteiger partial charge < -0.3 is 4.52 Å². The Morgan fingerprint density at radius 1 is 1.37 bits per heavy atom. The minimum absolute atomic E-state index is 0.585. The fourth-order valence-corrected chi connectivity index (χ4v) is 1.99. The van der Waals surface area contributed by atoms with Crippen molar-refractivity contribution in [3.8, 4) is 11.4 Å². The Morgan fingerprint density at radius 2 is 2.21 bits per heavy atom. The lowest BCUT2D eigenvalue weighted by Crippen LogP contribution is -2.19. The Morgan fingerprint density at radius 3 is 2.95 bits per heavy atom. The summed E-state index contributed by atoms with van der Waals surface area (Å²) in [6.45, 7) is 3.89. The molecule has 2 aromatic rings. The third-order valence-corrected chi connectivity index (χ3v) is 3.08. The first-order valence-corrected chi connectivity index (χ1v) is 6.84. The van der Waals surface area contributed by atoms with Crippen molar-refractivity contribution < 1.29 is 4.52 Å². The van der Waals surface area contributed by atoms with Crippen LogP contribution in [0.1, 0.15) is 25.7 Å². The highest BCUT2D eigenvalue weighted by molar-refractivity contribution is 6.30. The van der Waals surface area contributed by atoms with Gasteiger partial charge in [0.25, 0.3) is 0 Å². The quantitative estimate of drug-likeness (QED) is 0.810. The fraction of sp³-hybridized carbons (Fsp3) is 0.429. The highest BCUT2D eigenvalue weighted by Gasteiger charge is 2.10. The van der Waals surface area contributed by atoms with Crippen LogP contribution in [0.15, 0.2) is 28.8 Å². The van der Waals surface area contributed by atoms with Crippen molar-refractivity contribution in [2.24, 2.45) is 0 Å². The zero-order valence-electron chi connectivity index (χ0n) is 11.3. The Bertz CT molecular complexity index is 527. The van der Waals surface area contributed by atoms with E-state index < -0.39 is 0 Å². The molecule has 5 heteroatoms. The summed E-state index contributed by atoms with van der Waals surface area (Å²) < 4.78 is 5.26. The Kier molecular flexibility index (Phi) is 4.93. The standard InChI is InChI=1S/C14H18ClN3O/c1-3-4-8-18(2)10-13-16-14(17-19-13)11-6-5-7-12(15)9-11/h5-7,9H,3-4,8,10H2,1-2H3. The van der Waals surface area contributed by atoms with Crippen LogP contribution in [0.4, 0.5) is 0 Å². The van der Waals surface area contributed by atoms with E-state index in [0.717, 1.165) is 12.1 Å². The number of rotatable bonds is 6. The molecule has 0 N–H and O–H groups in total. The van der Waals surface area contributed by atoms with Gasteiger partial charge in [-0.25, -0.2) is 0 Å². The molecule has 0 atom stereocenters. The molecule has 102 valence electrons. The summed E-state index contributed by atoms with van der Waals surface area (Å²) >= 11 is 5.95. The predicted octanol–water partition coefficient (Wildman–Crippen LogP) is 3.62. The number of nitrogens with zero attached hydrogens (tertiary/aromatic N) is 3. The molecule has 0 unspecified atom stereocenters. The number of benzene rings is 1. The minimum Gasteiger partial charge on any atom is -0.338 e. The van der Waals surface area contributed by atoms with Gasteiger partial charge >= 0.3 is 0 Å². The van der Waals surface area contributed by atoms with Gasteiger partial charge in [0.15, 0.2) is 0 Å². The second-order valence-corrected chi connectivity index (χ2v) is 5.05. The van der Waals surface area contributed by atoms with Crippen LogP contribution in [0.5, 0.6) is 0 Å². The molecule has 1 heterocycles. The second-order valence-electron chi connectivity index (χ2n) is 4.61. The molecule has 0 saturated heterocycles. The minimum atomic E-state index is 0.585. The molecular formula is C14H18ClN3O. The first-order chi connectivity index (χ1) is 9.19. The molecule has 0 aliphatic rings. The molecule has 0 saturated carbocycles. The smallest absolute Gasteiger partial charge is 0.241 e. The molecule has 4 nitrogen and oxygen atoms in total. The van der Waals surface area contributed by atoms with E-state index in [-0.39, 0.29) is 0 Å². The van der Waals surface area contributed by atoms with Crippen molar-refractivity contribution >= 4 is 11.6 Å². The van der Waals surface area contributed by atoms with E-state index in [1.165, 1.54) is 12.8 Å². The zero-order chi connectivity index (χ0) is 13.7. The average molecular weight is 280 g/mol. The van der Waals surface area contributed by atoms with Crippen LogP contribution in [0, 0.1) is 0 Å². The Balaban J connectivity index is 2.03. The van der Waals surface area contributed by atoms with E-state index in [4.69, 9.17) is 16.1 Å². The average Bonchev–Trinajstić information content (AvgIpc) is 2.85. The van der Waals surface area contributed by atoms with Gasteiger partial charge in [0.05, 0.1) is 6.54 Å². The lowest BCUT2D eigenvalue weighted by atomic mass is 10.2. The molecule has 0 spiro atoms. The summed E-state index contributed by atoms with van der Waals surface area (Å²) in [7, 11) is 2.05. The van der Waals surface area contributed by atoms with Crippen LogP contribution in [0.25, 0.3) is 11.4 Å². The molecular weight excluding hydrogens is 262 g/mol. The lowest BCUT2D eigenvalue weighted by Gasteiger charge is -2.12. The summed E-state index contributed by atoms with van der Waals surface area (Å²) in [5, 5.41) is 4.66. The van der Waals surface area contributed by atoms with E-state index >= 15 is 0 Å². The van der Waals surface area contributed by atoms with Crippen molar-refractivity contribution in [1.82, 2.24) is 15.0 Å². The summed E-state index contributed by atoms with van der Waals surface area (Å²) in [5.41, 5.74) is 0.874. The van der Waals surface area contributed by atoms with Crippen molar-refractivity contribution in [3.63, 3.8) is 0 Å². The predicted molar refractivity (Wildman–Crippen MR) is 76.0 cm³/mol. The van der Waals surface area contributed by atoms with E-state index in [0.29, 0.717) is 23.3 Å². The Labute approximate surface area is 118 Å². The van der Waals surface area contributed by atoms with Crippen LogP contribution in [0.2, 0.25) is 5.02 Å². The SMILES string of the molecule is CCCCN(C)Cc1nc(-c2cccc(Cl)c2)no1. The number of aromatic nitrogens is 2. The Hall–Kier alpha value is -1.39. The van der Waals surface area contributed by atoms with E-state index in [1.807, 2.05) is 24.3 Å². The summed E-state index contributed by atoms with van der Waals surface area (Å²) in [4.78, 5) is 6.57. The van der Waals surface area contributed by atoms with Crippen LogP contribution in [0.3, 0.4) is 0 Å². The maximum Gasteiger partial charge on any atom is 0.241 e. The monoisotopic (exact) mass is 279 g/mol. The van der Waals surface area contributed by atoms with Crippen molar-refractivity contribution in [1.29, 1.82) is 0 Å². The fourth-order valence-electron chi connectivity index (χ4n) is 1.80. The van der Waals surface area contributed by atoms with E-state index in [1.54, 1.807) is 0 Å². The maximum atomic E-state index is 5.95. The number of hydrogen-bond acceptors (Lipinski definition) is 4. The molecule has 0 amide bonds. The molecule has 19 heavy (non-hydrogen) atoms. The summed E-state index contributed by atoms with van der Waals surface area (Å²) in [6.07, 6.45) is 2.35. The molecule has 2 rings (SSSR count). The second kappa shape index (κ2) is 6.68. The molecule has 0 fully saturated rings. The number of hydrogen-bond donors (Lipinski definition) is 0. The van der Waals surface area contributed by atoms with Crippen molar-refractivity contribution in [3.05, 3.63) is 35.2 Å². The third-order valence-electron chi connectivity index (χ3n) is 2.85. The van der Waals surface area contributed by atoms with Crippen LogP contribution >= 0.6 is 11.6 Å². The topological polar surface area (TPSA) is 42.2 Å². The van der Waals surface area contributed by atoms with Gasteiger partial charge in [-0.3, -0.25) is 4.90 Å². The molecule has 0 aliphatic heterocycles. The van der Waals surface area contributed by atoms with E-state index in [9.17, 15) is 0 Å². The van der Waals surface area contributed by atoms with Crippen molar-refractivity contribution in [2.45, 2.75) is 26.3 Å². The van der Waals surface area contributed by atoms with Crippen molar-refractivity contribution in [2.75, 3.05) is 13.6 Å².